The lowest BCUT2D eigenvalue weighted by molar-refractivity contribution is -0.115. The molecule has 180 valence electrons. The van der Waals surface area contributed by atoms with Gasteiger partial charge in [0.2, 0.25) is 5.91 Å². The molecule has 36 heavy (non-hydrogen) atoms. The van der Waals surface area contributed by atoms with Crippen LogP contribution in [0.15, 0.2) is 70.6 Å². The SMILES string of the molecule is Cc1ccc(NC(=O)Cc2nc(COC(=O)c3cc(-c4ccccc4)nc4onc(C)c34)cs2)cc1. The zero-order valence-electron chi connectivity index (χ0n) is 19.6. The van der Waals surface area contributed by atoms with Crippen molar-refractivity contribution in [3.63, 3.8) is 0 Å². The number of carbonyl (C=O) groups is 2. The molecule has 0 aliphatic carbocycles. The Morgan fingerprint density at radius 1 is 1.03 bits per heavy atom. The number of hydrogen-bond donors (Lipinski definition) is 1. The number of anilines is 1. The highest BCUT2D eigenvalue weighted by atomic mass is 32.1. The van der Waals surface area contributed by atoms with Crippen molar-refractivity contribution >= 4 is 40.0 Å². The summed E-state index contributed by atoms with van der Waals surface area (Å²) in [5.74, 6) is -0.690. The minimum atomic E-state index is -0.530. The Hall–Kier alpha value is -4.37. The number of aryl methyl sites for hydroxylation is 2. The summed E-state index contributed by atoms with van der Waals surface area (Å²) in [6.07, 6.45) is 0.137. The Morgan fingerprint density at radius 3 is 2.58 bits per heavy atom. The zero-order chi connectivity index (χ0) is 25.1. The highest BCUT2D eigenvalue weighted by Gasteiger charge is 2.21. The van der Waals surface area contributed by atoms with E-state index in [1.54, 1.807) is 18.4 Å². The lowest BCUT2D eigenvalue weighted by Crippen LogP contribution is -2.14. The molecular weight excluding hydrogens is 476 g/mol. The topological polar surface area (TPSA) is 107 Å². The van der Waals surface area contributed by atoms with Crippen LogP contribution < -0.4 is 5.32 Å². The van der Waals surface area contributed by atoms with Crippen molar-refractivity contribution in [3.05, 3.63) is 93.6 Å². The van der Waals surface area contributed by atoms with E-state index < -0.39 is 5.97 Å². The van der Waals surface area contributed by atoms with Gasteiger partial charge >= 0.3 is 5.97 Å². The van der Waals surface area contributed by atoms with E-state index in [9.17, 15) is 9.59 Å². The maximum Gasteiger partial charge on any atom is 0.339 e. The second kappa shape index (κ2) is 10.1. The van der Waals surface area contributed by atoms with Gasteiger partial charge in [-0.2, -0.15) is 0 Å². The molecule has 0 atom stereocenters. The first-order chi connectivity index (χ1) is 17.5. The van der Waals surface area contributed by atoms with Crippen LogP contribution in [0.2, 0.25) is 0 Å². The smallest absolute Gasteiger partial charge is 0.339 e. The highest BCUT2D eigenvalue weighted by Crippen LogP contribution is 2.28. The quantitative estimate of drug-likeness (QED) is 0.295. The first-order valence-corrected chi connectivity index (χ1v) is 12.1. The number of aromatic nitrogens is 3. The molecule has 0 spiro atoms. The van der Waals surface area contributed by atoms with Crippen LogP contribution in [-0.2, 0) is 22.6 Å². The van der Waals surface area contributed by atoms with Crippen molar-refractivity contribution in [1.82, 2.24) is 15.1 Å². The fourth-order valence-corrected chi connectivity index (χ4v) is 4.48. The molecule has 3 heterocycles. The Bertz CT molecular complexity index is 1540. The average molecular weight is 499 g/mol. The Balaban J connectivity index is 1.27. The van der Waals surface area contributed by atoms with E-state index in [4.69, 9.17) is 9.26 Å². The number of rotatable bonds is 7. The number of carbonyl (C=O) groups excluding carboxylic acids is 2. The molecule has 8 nitrogen and oxygen atoms in total. The maximum absolute atomic E-state index is 13.1. The van der Waals surface area contributed by atoms with E-state index in [0.29, 0.717) is 33.0 Å². The fourth-order valence-electron chi connectivity index (χ4n) is 3.71. The average Bonchev–Trinajstić information content (AvgIpc) is 3.50. The predicted molar refractivity (Wildman–Crippen MR) is 137 cm³/mol. The lowest BCUT2D eigenvalue weighted by Gasteiger charge is -2.07. The number of amides is 1. The van der Waals surface area contributed by atoms with Crippen LogP contribution in [0.4, 0.5) is 5.69 Å². The molecule has 0 saturated heterocycles. The molecular formula is C27H22N4O4S. The number of esters is 1. The molecule has 0 bridgehead atoms. The summed E-state index contributed by atoms with van der Waals surface area (Å²) in [5.41, 5.74) is 5.01. The Kier molecular flexibility index (Phi) is 6.55. The molecule has 0 aliphatic heterocycles. The second-order valence-electron chi connectivity index (χ2n) is 8.27. The van der Waals surface area contributed by atoms with E-state index in [0.717, 1.165) is 16.8 Å². The van der Waals surface area contributed by atoms with Gasteiger partial charge in [0.15, 0.2) is 0 Å². The van der Waals surface area contributed by atoms with Gasteiger partial charge in [-0.1, -0.05) is 53.2 Å². The van der Waals surface area contributed by atoms with Gasteiger partial charge in [0.05, 0.1) is 34.5 Å². The van der Waals surface area contributed by atoms with Crippen molar-refractivity contribution in [3.8, 4) is 11.3 Å². The molecule has 0 fully saturated rings. The minimum absolute atomic E-state index is 0.0241. The van der Waals surface area contributed by atoms with Gasteiger partial charge in [0.25, 0.3) is 5.71 Å². The van der Waals surface area contributed by atoms with E-state index in [2.05, 4.69) is 20.4 Å². The third kappa shape index (κ3) is 5.16. The predicted octanol–water partition coefficient (Wildman–Crippen LogP) is 5.50. The normalized spacial score (nSPS) is 10.9. The molecule has 1 N–H and O–H groups in total. The van der Waals surface area contributed by atoms with Crippen molar-refractivity contribution in [2.75, 3.05) is 5.32 Å². The van der Waals surface area contributed by atoms with Crippen molar-refractivity contribution < 1.29 is 18.8 Å². The summed E-state index contributed by atoms with van der Waals surface area (Å²) < 4.78 is 10.9. The zero-order valence-corrected chi connectivity index (χ0v) is 20.5. The van der Waals surface area contributed by atoms with E-state index in [-0.39, 0.29) is 24.6 Å². The fraction of sp³-hybridized carbons (Fsp3) is 0.148. The number of fused-ring (bicyclic) bond motifs is 1. The molecule has 0 unspecified atom stereocenters. The number of nitrogens with zero attached hydrogens (tertiary/aromatic N) is 3. The molecule has 2 aromatic carbocycles. The minimum Gasteiger partial charge on any atom is -0.456 e. The summed E-state index contributed by atoms with van der Waals surface area (Å²) in [7, 11) is 0. The summed E-state index contributed by atoms with van der Waals surface area (Å²) in [6.45, 7) is 3.72. The van der Waals surface area contributed by atoms with Crippen LogP contribution in [0.1, 0.15) is 32.3 Å². The van der Waals surface area contributed by atoms with Crippen LogP contribution in [0.25, 0.3) is 22.4 Å². The van der Waals surface area contributed by atoms with Crippen molar-refractivity contribution in [2.24, 2.45) is 0 Å². The molecule has 0 radical (unpaired) electrons. The van der Waals surface area contributed by atoms with Gasteiger partial charge in [-0.05, 0) is 32.0 Å². The number of ether oxygens (including phenoxy) is 1. The molecule has 9 heteroatoms. The van der Waals surface area contributed by atoms with E-state index >= 15 is 0 Å². The third-order valence-electron chi connectivity index (χ3n) is 5.50. The van der Waals surface area contributed by atoms with Gasteiger partial charge in [-0.25, -0.2) is 14.8 Å². The van der Waals surface area contributed by atoms with E-state index in [1.807, 2.05) is 61.5 Å². The highest BCUT2D eigenvalue weighted by molar-refractivity contribution is 7.09. The molecule has 3 aromatic heterocycles. The van der Waals surface area contributed by atoms with Gasteiger partial charge in [0, 0.05) is 16.6 Å². The second-order valence-corrected chi connectivity index (χ2v) is 9.21. The monoisotopic (exact) mass is 498 g/mol. The van der Waals surface area contributed by atoms with Crippen LogP contribution in [-0.4, -0.2) is 27.0 Å². The molecule has 0 saturated carbocycles. The Morgan fingerprint density at radius 2 is 1.81 bits per heavy atom. The largest absolute Gasteiger partial charge is 0.456 e. The van der Waals surface area contributed by atoms with Crippen LogP contribution in [0.3, 0.4) is 0 Å². The van der Waals surface area contributed by atoms with Gasteiger partial charge < -0.3 is 14.6 Å². The Labute approximate surface area is 211 Å². The number of hydrogen-bond acceptors (Lipinski definition) is 8. The summed E-state index contributed by atoms with van der Waals surface area (Å²) >= 11 is 1.35. The van der Waals surface area contributed by atoms with Gasteiger partial charge in [-0.3, -0.25) is 4.79 Å². The molecule has 5 aromatic rings. The number of nitrogens with one attached hydrogen (secondary N) is 1. The van der Waals surface area contributed by atoms with E-state index in [1.165, 1.54) is 11.3 Å². The standard InChI is InChI=1S/C27H22N4O4S/c1-16-8-10-19(11-9-16)28-23(32)13-24-29-20(15-36-24)14-34-27(33)21-12-22(18-6-4-3-5-7-18)30-26-25(21)17(2)31-35-26/h3-12,15H,13-14H2,1-2H3,(H,28,32). The van der Waals surface area contributed by atoms with Crippen LogP contribution in [0, 0.1) is 13.8 Å². The lowest BCUT2D eigenvalue weighted by atomic mass is 10.1. The molecule has 5 rings (SSSR count). The summed E-state index contributed by atoms with van der Waals surface area (Å²) in [6, 6.07) is 18.8. The van der Waals surface area contributed by atoms with Crippen molar-refractivity contribution in [1.29, 1.82) is 0 Å². The summed E-state index contributed by atoms with van der Waals surface area (Å²) in [4.78, 5) is 34.4. The van der Waals surface area contributed by atoms with Crippen LogP contribution in [0.5, 0.6) is 0 Å². The molecule has 1 amide bonds. The maximum atomic E-state index is 13.1. The first kappa shape index (κ1) is 23.4. The molecule has 0 aliphatic rings. The number of pyridine rings is 1. The number of benzene rings is 2. The summed E-state index contributed by atoms with van der Waals surface area (Å²) in [5, 5.41) is 9.76. The van der Waals surface area contributed by atoms with Crippen molar-refractivity contribution in [2.45, 2.75) is 26.9 Å². The first-order valence-electron chi connectivity index (χ1n) is 11.3. The van der Waals surface area contributed by atoms with Gasteiger partial charge in [-0.15, -0.1) is 11.3 Å². The van der Waals surface area contributed by atoms with Gasteiger partial charge in [0.1, 0.15) is 11.6 Å². The number of thiazole rings is 1. The third-order valence-corrected chi connectivity index (χ3v) is 6.40. The van der Waals surface area contributed by atoms with Crippen LogP contribution >= 0.6 is 11.3 Å².